The van der Waals surface area contributed by atoms with Gasteiger partial charge in [-0.2, -0.15) is 0 Å². The average Bonchev–Trinajstić information content (AvgIpc) is 3.28. The second-order valence-electron chi connectivity index (χ2n) is 19.2. The second kappa shape index (κ2) is 52.5. The Labute approximate surface area is 392 Å². The maximum absolute atomic E-state index is 12.7. The third-order valence-electron chi connectivity index (χ3n) is 12.8. The summed E-state index contributed by atoms with van der Waals surface area (Å²) in [7, 11) is -4.27. The molecule has 0 aromatic heterocycles. The molecular weight excluding hydrogens is 806 g/mol. The quantitative estimate of drug-likeness (QED) is 0.0352. The molecule has 8 nitrogen and oxygen atoms in total. The average molecular weight is 916 g/mol. The van der Waals surface area contributed by atoms with Gasteiger partial charge in [-0.25, -0.2) is 4.57 Å². The normalized spacial score (nSPS) is 13.1. The highest BCUT2D eigenvalue weighted by Crippen LogP contribution is 2.43. The highest BCUT2D eigenvalue weighted by Gasteiger charge is 2.25. The van der Waals surface area contributed by atoms with Crippen LogP contribution in [0.1, 0.15) is 303 Å². The fraction of sp³-hybridized carbons (Fsp3) is 0.981. The number of hydrogen-bond acceptors (Lipinski definition) is 7. The molecule has 378 valence electrons. The molecule has 0 amide bonds. The van der Waals surface area contributed by atoms with Crippen molar-refractivity contribution in [2.24, 2.45) is 5.73 Å². The molecule has 1 unspecified atom stereocenters. The Kier molecular flexibility index (Phi) is 52.1. The van der Waals surface area contributed by atoms with Gasteiger partial charge in [0.05, 0.1) is 19.8 Å². The Bertz CT molecular complexity index is 940. The molecule has 0 saturated carbocycles. The monoisotopic (exact) mass is 916 g/mol. The highest BCUT2D eigenvalue weighted by molar-refractivity contribution is 7.47. The SMILES string of the molecule is CCCCCCCCCCCCCCCCCCCCCCCCCCCCCCCCC(=O)O[C@H](COCCCCCCCCCCCCCCCC)COP(=O)(O)OCCN. The molecule has 2 atom stereocenters. The number of carbonyl (C=O) groups is 1. The smallest absolute Gasteiger partial charge is 0.457 e. The maximum atomic E-state index is 12.7. The van der Waals surface area contributed by atoms with Gasteiger partial charge in [0.15, 0.2) is 0 Å². The van der Waals surface area contributed by atoms with E-state index in [4.69, 9.17) is 24.3 Å². The first-order valence-corrected chi connectivity index (χ1v) is 29.5. The zero-order valence-corrected chi connectivity index (χ0v) is 43.2. The zero-order chi connectivity index (χ0) is 45.8. The van der Waals surface area contributed by atoms with Crippen molar-refractivity contribution in [1.29, 1.82) is 0 Å². The standard InChI is InChI=1S/C54H110NO7P/c1-3-5-7-9-11-13-15-17-19-20-21-22-23-24-25-26-27-28-29-30-31-32-33-34-35-37-39-41-43-45-47-54(56)62-53(52-61-63(57,58)60-50-48-55)51-59-49-46-44-42-40-38-36-18-16-14-12-10-8-6-4-2/h53H,3-52,55H2,1-2H3,(H,57,58)/t53-/m1/s1. The zero-order valence-electron chi connectivity index (χ0n) is 42.4. The van der Waals surface area contributed by atoms with Gasteiger partial charge in [0.1, 0.15) is 6.10 Å². The van der Waals surface area contributed by atoms with Crippen LogP contribution in [-0.4, -0.2) is 49.9 Å². The fourth-order valence-electron chi connectivity index (χ4n) is 8.65. The molecule has 0 heterocycles. The topological polar surface area (TPSA) is 117 Å². The Morgan fingerprint density at radius 1 is 0.413 bits per heavy atom. The van der Waals surface area contributed by atoms with Crippen LogP contribution < -0.4 is 5.73 Å². The van der Waals surface area contributed by atoms with Crippen molar-refractivity contribution in [2.45, 2.75) is 309 Å². The van der Waals surface area contributed by atoms with Gasteiger partial charge in [0, 0.05) is 19.6 Å². The van der Waals surface area contributed by atoms with Crippen molar-refractivity contribution >= 4 is 13.8 Å². The van der Waals surface area contributed by atoms with Crippen molar-refractivity contribution in [2.75, 3.05) is 33.0 Å². The molecule has 63 heavy (non-hydrogen) atoms. The Hall–Kier alpha value is -0.500. The lowest BCUT2D eigenvalue weighted by Gasteiger charge is -2.20. The fourth-order valence-corrected chi connectivity index (χ4v) is 9.41. The van der Waals surface area contributed by atoms with Crippen LogP contribution in [0.4, 0.5) is 0 Å². The Morgan fingerprint density at radius 2 is 0.698 bits per heavy atom. The van der Waals surface area contributed by atoms with Crippen LogP contribution in [0.25, 0.3) is 0 Å². The summed E-state index contributed by atoms with van der Waals surface area (Å²) in [6, 6.07) is 0. The molecule has 9 heteroatoms. The number of esters is 1. The predicted octanol–water partition coefficient (Wildman–Crippen LogP) is 17.6. The van der Waals surface area contributed by atoms with Crippen LogP contribution in [0.2, 0.25) is 0 Å². The molecule has 0 spiro atoms. The van der Waals surface area contributed by atoms with Gasteiger partial charge in [-0.1, -0.05) is 284 Å². The molecule has 0 bridgehead atoms. The van der Waals surface area contributed by atoms with Gasteiger partial charge < -0.3 is 20.1 Å². The van der Waals surface area contributed by atoms with Gasteiger partial charge >= 0.3 is 13.8 Å². The summed E-state index contributed by atoms with van der Waals surface area (Å²) in [5.74, 6) is -0.320. The summed E-state index contributed by atoms with van der Waals surface area (Å²) in [6.07, 6.45) is 58.8. The summed E-state index contributed by atoms with van der Waals surface area (Å²) in [5, 5.41) is 0. The number of nitrogens with two attached hydrogens (primary N) is 1. The van der Waals surface area contributed by atoms with Crippen LogP contribution in [0.5, 0.6) is 0 Å². The first-order valence-electron chi connectivity index (χ1n) is 28.0. The number of carbonyl (C=O) groups excluding carboxylic acids is 1. The molecule has 3 N–H and O–H groups in total. The summed E-state index contributed by atoms with van der Waals surface area (Å²) in [6.45, 7) is 5.01. The molecule has 0 aromatic rings. The number of rotatable bonds is 55. The number of unbranched alkanes of at least 4 members (excludes halogenated alkanes) is 42. The number of phosphoric acid groups is 1. The minimum Gasteiger partial charge on any atom is -0.457 e. The minimum atomic E-state index is -4.27. The predicted molar refractivity (Wildman–Crippen MR) is 271 cm³/mol. The number of ether oxygens (including phenoxy) is 2. The molecule has 0 aliphatic heterocycles. The van der Waals surface area contributed by atoms with Crippen molar-refractivity contribution in [3.8, 4) is 0 Å². The van der Waals surface area contributed by atoms with Gasteiger partial charge in [-0.05, 0) is 12.8 Å². The van der Waals surface area contributed by atoms with E-state index in [1.807, 2.05) is 0 Å². The first kappa shape index (κ1) is 62.5. The lowest BCUT2D eigenvalue weighted by Crippen LogP contribution is -2.28. The summed E-state index contributed by atoms with van der Waals surface area (Å²) in [4.78, 5) is 22.6. The molecule has 0 radical (unpaired) electrons. The van der Waals surface area contributed by atoms with Gasteiger partial charge in [0.2, 0.25) is 0 Å². The molecule has 0 fully saturated rings. The Morgan fingerprint density at radius 3 is 1.00 bits per heavy atom. The number of hydrogen-bond donors (Lipinski definition) is 2. The van der Waals surface area contributed by atoms with Gasteiger partial charge in [0.25, 0.3) is 0 Å². The van der Waals surface area contributed by atoms with Crippen molar-refractivity contribution in [1.82, 2.24) is 0 Å². The number of phosphoric ester groups is 1. The molecule has 0 aromatic carbocycles. The maximum Gasteiger partial charge on any atom is 0.472 e. The second-order valence-corrected chi connectivity index (χ2v) is 20.6. The van der Waals surface area contributed by atoms with Crippen LogP contribution in [-0.2, 0) is 27.9 Å². The van der Waals surface area contributed by atoms with E-state index in [2.05, 4.69) is 13.8 Å². The third kappa shape index (κ3) is 52.3. The molecule has 0 aliphatic rings. The van der Waals surface area contributed by atoms with Crippen LogP contribution in [0, 0.1) is 0 Å². The van der Waals surface area contributed by atoms with E-state index in [9.17, 15) is 14.3 Å². The minimum absolute atomic E-state index is 0.0897. The van der Waals surface area contributed by atoms with E-state index in [1.54, 1.807) is 0 Å². The van der Waals surface area contributed by atoms with E-state index < -0.39 is 13.9 Å². The van der Waals surface area contributed by atoms with E-state index in [-0.39, 0.29) is 32.3 Å². The van der Waals surface area contributed by atoms with Crippen LogP contribution >= 0.6 is 7.82 Å². The lowest BCUT2D eigenvalue weighted by atomic mass is 10.0. The third-order valence-corrected chi connectivity index (χ3v) is 13.8. The molecule has 0 rings (SSSR count). The van der Waals surface area contributed by atoms with E-state index in [0.717, 1.165) is 32.1 Å². The summed E-state index contributed by atoms with van der Waals surface area (Å²) in [5.41, 5.74) is 5.39. The van der Waals surface area contributed by atoms with Crippen molar-refractivity contribution in [3.05, 3.63) is 0 Å². The van der Waals surface area contributed by atoms with Crippen molar-refractivity contribution < 1.29 is 32.8 Å². The van der Waals surface area contributed by atoms with E-state index >= 15 is 0 Å². The van der Waals surface area contributed by atoms with Crippen molar-refractivity contribution in [3.63, 3.8) is 0 Å². The van der Waals surface area contributed by atoms with Crippen LogP contribution in [0.15, 0.2) is 0 Å². The molecule has 0 aliphatic carbocycles. The highest BCUT2D eigenvalue weighted by atomic mass is 31.2. The first-order chi connectivity index (χ1) is 30.9. The van der Waals surface area contributed by atoms with E-state index in [0.29, 0.717) is 13.0 Å². The van der Waals surface area contributed by atoms with Gasteiger partial charge in [-0.3, -0.25) is 13.8 Å². The summed E-state index contributed by atoms with van der Waals surface area (Å²) < 4.78 is 33.6. The van der Waals surface area contributed by atoms with E-state index in [1.165, 1.54) is 250 Å². The molecular formula is C54H110NO7P. The summed E-state index contributed by atoms with van der Waals surface area (Å²) >= 11 is 0. The lowest BCUT2D eigenvalue weighted by molar-refractivity contribution is -0.154. The molecule has 0 saturated heterocycles. The van der Waals surface area contributed by atoms with Crippen LogP contribution in [0.3, 0.4) is 0 Å². The largest absolute Gasteiger partial charge is 0.472 e. The van der Waals surface area contributed by atoms with Gasteiger partial charge in [-0.15, -0.1) is 0 Å². The Balaban J connectivity index is 3.74.